The Morgan fingerprint density at radius 3 is 2.59 bits per heavy atom. The molecule has 5 nitrogen and oxygen atoms in total. The smallest absolute Gasteiger partial charge is 0.264 e. The minimum absolute atomic E-state index is 0.0916. The monoisotopic (exact) mass is 277 g/mol. The van der Waals surface area contributed by atoms with Gasteiger partial charge in [-0.05, 0) is 12.1 Å². The van der Waals surface area contributed by atoms with Crippen molar-refractivity contribution in [1.82, 2.24) is 0 Å². The number of carbonyl (C=O) groups excluding carboxylic acids is 1. The summed E-state index contributed by atoms with van der Waals surface area (Å²) in [5.74, 6) is -0.0811. The number of anilines is 1. The number of nitrogens with one attached hydrogen (secondary N) is 1. The predicted octanol–water partition coefficient (Wildman–Crippen LogP) is 1.97. The lowest BCUT2D eigenvalue weighted by molar-refractivity contribution is -0.115. The maximum atomic E-state index is 11.2. The Bertz CT molecular complexity index is 527. The predicted molar refractivity (Wildman–Crippen MR) is 65.0 cm³/mol. The van der Waals surface area contributed by atoms with Crippen LogP contribution in [-0.4, -0.2) is 21.4 Å². The van der Waals surface area contributed by atoms with E-state index in [-0.39, 0.29) is 16.6 Å². The average molecular weight is 278 g/mol. The van der Waals surface area contributed by atoms with E-state index in [4.69, 9.17) is 15.4 Å². The van der Waals surface area contributed by atoms with Crippen molar-refractivity contribution in [3.63, 3.8) is 0 Å². The van der Waals surface area contributed by atoms with Gasteiger partial charge in [0.25, 0.3) is 9.05 Å². The Morgan fingerprint density at radius 2 is 2.12 bits per heavy atom. The molecule has 0 spiro atoms. The lowest BCUT2D eigenvalue weighted by atomic mass is 10.3. The molecular formula is C10H12ClNO4S. The standard InChI is InChI=1S/C10H12ClNO4S/c1-3-10(13)12-7-4-5-9(17(11,14)15)8(6-7)16-2/h4-6H,3H2,1-2H3,(H,12,13). The molecule has 0 saturated carbocycles. The Morgan fingerprint density at radius 1 is 1.47 bits per heavy atom. The second-order valence-corrected chi connectivity index (χ2v) is 5.74. The largest absolute Gasteiger partial charge is 0.495 e. The van der Waals surface area contributed by atoms with Crippen LogP contribution in [0.4, 0.5) is 5.69 Å². The van der Waals surface area contributed by atoms with Crippen molar-refractivity contribution < 1.29 is 17.9 Å². The Kier molecular flexibility index (Phi) is 4.36. The molecule has 1 N–H and O–H groups in total. The molecule has 1 rings (SSSR count). The van der Waals surface area contributed by atoms with Crippen LogP contribution in [0.2, 0.25) is 0 Å². The maximum Gasteiger partial charge on any atom is 0.264 e. The molecule has 1 aromatic carbocycles. The number of benzene rings is 1. The van der Waals surface area contributed by atoms with Gasteiger partial charge in [0, 0.05) is 28.9 Å². The molecule has 1 amide bonds. The fourth-order valence-corrected chi connectivity index (χ4v) is 2.19. The number of methoxy groups -OCH3 is 1. The van der Waals surface area contributed by atoms with Gasteiger partial charge in [-0.25, -0.2) is 8.42 Å². The SMILES string of the molecule is CCC(=O)Nc1ccc(S(=O)(=O)Cl)c(OC)c1. The summed E-state index contributed by atoms with van der Waals surface area (Å²) in [6, 6.07) is 4.14. The highest BCUT2D eigenvalue weighted by molar-refractivity contribution is 8.13. The molecule has 0 radical (unpaired) electrons. The number of ether oxygens (including phenoxy) is 1. The van der Waals surface area contributed by atoms with Crippen LogP contribution in [0.25, 0.3) is 0 Å². The first-order valence-electron chi connectivity index (χ1n) is 4.81. The van der Waals surface area contributed by atoms with Crippen LogP contribution in [0, 0.1) is 0 Å². The Labute approximate surface area is 104 Å². The van der Waals surface area contributed by atoms with E-state index in [1.165, 1.54) is 25.3 Å². The zero-order valence-corrected chi connectivity index (χ0v) is 10.9. The molecular weight excluding hydrogens is 266 g/mol. The van der Waals surface area contributed by atoms with Gasteiger partial charge < -0.3 is 10.1 Å². The van der Waals surface area contributed by atoms with E-state index in [1.54, 1.807) is 6.92 Å². The molecule has 1 aromatic rings. The van der Waals surface area contributed by atoms with Crippen molar-refractivity contribution in [2.24, 2.45) is 0 Å². The van der Waals surface area contributed by atoms with E-state index in [2.05, 4.69) is 5.32 Å². The molecule has 0 aromatic heterocycles. The molecule has 0 aliphatic carbocycles. The normalized spacial score (nSPS) is 11.0. The van der Waals surface area contributed by atoms with E-state index in [9.17, 15) is 13.2 Å². The van der Waals surface area contributed by atoms with Gasteiger partial charge in [0.05, 0.1) is 7.11 Å². The second-order valence-electron chi connectivity index (χ2n) is 3.21. The van der Waals surface area contributed by atoms with Crippen molar-refractivity contribution in [3.8, 4) is 5.75 Å². The van der Waals surface area contributed by atoms with Crippen LogP contribution in [0.15, 0.2) is 23.1 Å². The Balaban J connectivity index is 3.14. The van der Waals surface area contributed by atoms with Gasteiger partial charge in [-0.3, -0.25) is 4.79 Å². The molecule has 0 bridgehead atoms. The van der Waals surface area contributed by atoms with Gasteiger partial charge in [-0.15, -0.1) is 0 Å². The van der Waals surface area contributed by atoms with E-state index >= 15 is 0 Å². The van der Waals surface area contributed by atoms with Gasteiger partial charge in [0.1, 0.15) is 10.6 Å². The highest BCUT2D eigenvalue weighted by atomic mass is 35.7. The maximum absolute atomic E-state index is 11.2. The molecule has 7 heteroatoms. The highest BCUT2D eigenvalue weighted by Gasteiger charge is 2.17. The highest BCUT2D eigenvalue weighted by Crippen LogP contribution is 2.29. The molecule has 94 valence electrons. The molecule has 0 saturated heterocycles. The molecule has 0 unspecified atom stereocenters. The summed E-state index contributed by atoms with van der Waals surface area (Å²) in [5.41, 5.74) is 0.456. The summed E-state index contributed by atoms with van der Waals surface area (Å²) in [4.78, 5) is 11.0. The van der Waals surface area contributed by atoms with Gasteiger partial charge in [-0.1, -0.05) is 6.92 Å². The minimum Gasteiger partial charge on any atom is -0.495 e. The summed E-state index contributed by atoms with van der Waals surface area (Å²) in [7, 11) is 2.70. The van der Waals surface area contributed by atoms with E-state index < -0.39 is 9.05 Å². The summed E-state index contributed by atoms with van der Waals surface area (Å²) >= 11 is 0. The van der Waals surface area contributed by atoms with Crippen LogP contribution in [0.5, 0.6) is 5.75 Å². The summed E-state index contributed by atoms with van der Waals surface area (Å²) in [6.45, 7) is 1.71. The molecule has 0 aliphatic rings. The van der Waals surface area contributed by atoms with Crippen LogP contribution in [-0.2, 0) is 13.8 Å². The quantitative estimate of drug-likeness (QED) is 0.854. The lowest BCUT2D eigenvalue weighted by Gasteiger charge is -2.09. The number of halogens is 1. The van der Waals surface area contributed by atoms with Crippen LogP contribution < -0.4 is 10.1 Å². The average Bonchev–Trinajstić information content (AvgIpc) is 2.27. The number of hydrogen-bond acceptors (Lipinski definition) is 4. The van der Waals surface area contributed by atoms with Crippen LogP contribution in [0.3, 0.4) is 0 Å². The molecule has 0 atom stereocenters. The van der Waals surface area contributed by atoms with Crippen molar-refractivity contribution in [1.29, 1.82) is 0 Å². The van der Waals surface area contributed by atoms with Crippen molar-refractivity contribution in [2.75, 3.05) is 12.4 Å². The van der Waals surface area contributed by atoms with Crippen molar-refractivity contribution in [2.45, 2.75) is 18.2 Å². The topological polar surface area (TPSA) is 72.5 Å². The fraction of sp³-hybridized carbons (Fsp3) is 0.300. The molecule has 0 heterocycles. The number of hydrogen-bond donors (Lipinski definition) is 1. The summed E-state index contributed by atoms with van der Waals surface area (Å²) < 4.78 is 27.3. The van der Waals surface area contributed by atoms with E-state index in [0.29, 0.717) is 12.1 Å². The third-order valence-corrected chi connectivity index (χ3v) is 3.39. The minimum atomic E-state index is -3.86. The van der Waals surface area contributed by atoms with Gasteiger partial charge in [0.2, 0.25) is 5.91 Å². The zero-order chi connectivity index (χ0) is 13.1. The van der Waals surface area contributed by atoms with E-state index in [0.717, 1.165) is 0 Å². The van der Waals surface area contributed by atoms with E-state index in [1.807, 2.05) is 0 Å². The number of amides is 1. The third kappa shape index (κ3) is 3.61. The first-order valence-corrected chi connectivity index (χ1v) is 7.12. The zero-order valence-electron chi connectivity index (χ0n) is 9.36. The first kappa shape index (κ1) is 13.8. The number of carbonyl (C=O) groups is 1. The van der Waals surface area contributed by atoms with Crippen molar-refractivity contribution >= 4 is 31.3 Å². The molecule has 0 aliphatic heterocycles. The third-order valence-electron chi connectivity index (χ3n) is 2.03. The lowest BCUT2D eigenvalue weighted by Crippen LogP contribution is -2.09. The summed E-state index contributed by atoms with van der Waals surface area (Å²) in [6.07, 6.45) is 0.331. The van der Waals surface area contributed by atoms with Crippen molar-refractivity contribution in [3.05, 3.63) is 18.2 Å². The number of rotatable bonds is 4. The van der Waals surface area contributed by atoms with Crippen LogP contribution >= 0.6 is 10.7 Å². The fourth-order valence-electron chi connectivity index (χ4n) is 1.20. The molecule has 17 heavy (non-hydrogen) atoms. The van der Waals surface area contributed by atoms with Crippen LogP contribution in [0.1, 0.15) is 13.3 Å². The Hall–Kier alpha value is -1.27. The molecule has 0 fully saturated rings. The summed E-state index contributed by atoms with van der Waals surface area (Å²) in [5, 5.41) is 2.59. The van der Waals surface area contributed by atoms with Gasteiger partial charge in [0.15, 0.2) is 0 Å². The first-order chi connectivity index (χ1) is 7.88. The second kappa shape index (κ2) is 5.37. The van der Waals surface area contributed by atoms with Gasteiger partial charge in [-0.2, -0.15) is 0 Å². The van der Waals surface area contributed by atoms with Gasteiger partial charge >= 0.3 is 0 Å².